The Balaban J connectivity index is 2.41. The van der Waals surface area contributed by atoms with Crippen molar-refractivity contribution in [3.05, 3.63) is 0 Å². The third-order valence-corrected chi connectivity index (χ3v) is 3.33. The van der Waals surface area contributed by atoms with Crippen LogP contribution in [0.3, 0.4) is 0 Å². The van der Waals surface area contributed by atoms with Gasteiger partial charge in [-0.2, -0.15) is 0 Å². The van der Waals surface area contributed by atoms with E-state index in [1.165, 1.54) is 0 Å². The van der Waals surface area contributed by atoms with Gasteiger partial charge in [-0.05, 0) is 26.2 Å². The molecule has 19 heavy (non-hydrogen) atoms. The average molecular weight is 271 g/mol. The van der Waals surface area contributed by atoms with E-state index in [9.17, 15) is 9.59 Å². The molecule has 0 aromatic heterocycles. The van der Waals surface area contributed by atoms with Crippen molar-refractivity contribution in [1.29, 1.82) is 0 Å². The van der Waals surface area contributed by atoms with Crippen LogP contribution >= 0.6 is 0 Å². The molecule has 1 aliphatic heterocycles. The van der Waals surface area contributed by atoms with E-state index in [4.69, 9.17) is 10.5 Å². The van der Waals surface area contributed by atoms with Gasteiger partial charge in [-0.25, -0.2) is 4.79 Å². The van der Waals surface area contributed by atoms with E-state index in [0.717, 1.165) is 25.8 Å². The highest BCUT2D eigenvalue weighted by Gasteiger charge is 2.25. The third-order valence-electron chi connectivity index (χ3n) is 3.33. The second-order valence-corrected chi connectivity index (χ2v) is 4.92. The van der Waals surface area contributed by atoms with Crippen LogP contribution in [0.25, 0.3) is 0 Å². The maximum absolute atomic E-state index is 12.0. The molecule has 1 saturated heterocycles. The SMILES string of the molecule is CCOC(=O)NC1CCCN(C(=O)CC(N)CC)C1. The first kappa shape index (κ1) is 15.8. The standard InChI is InChI=1S/C13H25N3O3/c1-3-10(14)8-12(17)16-7-5-6-11(9-16)15-13(18)19-4-2/h10-11H,3-9,14H2,1-2H3,(H,15,18). The summed E-state index contributed by atoms with van der Waals surface area (Å²) in [6, 6.07) is -0.0968. The number of nitrogens with one attached hydrogen (secondary N) is 1. The Labute approximate surface area is 114 Å². The van der Waals surface area contributed by atoms with Crippen LogP contribution in [0.1, 0.15) is 39.5 Å². The first-order valence-electron chi connectivity index (χ1n) is 7.03. The number of rotatable bonds is 5. The van der Waals surface area contributed by atoms with Crippen LogP contribution in [0.5, 0.6) is 0 Å². The summed E-state index contributed by atoms with van der Waals surface area (Å²) < 4.78 is 4.85. The summed E-state index contributed by atoms with van der Waals surface area (Å²) in [5.41, 5.74) is 5.80. The topological polar surface area (TPSA) is 84.7 Å². The van der Waals surface area contributed by atoms with Crippen LogP contribution in [-0.2, 0) is 9.53 Å². The van der Waals surface area contributed by atoms with Crippen LogP contribution in [0.2, 0.25) is 0 Å². The maximum atomic E-state index is 12.0. The summed E-state index contributed by atoms with van der Waals surface area (Å²) in [6.45, 7) is 5.39. The van der Waals surface area contributed by atoms with Gasteiger partial charge in [0.15, 0.2) is 0 Å². The smallest absolute Gasteiger partial charge is 0.407 e. The van der Waals surface area contributed by atoms with Crippen LogP contribution in [0, 0.1) is 0 Å². The Bertz CT molecular complexity index is 310. The lowest BCUT2D eigenvalue weighted by molar-refractivity contribution is -0.132. The summed E-state index contributed by atoms with van der Waals surface area (Å²) in [5.74, 6) is 0.0738. The zero-order chi connectivity index (χ0) is 14.3. The van der Waals surface area contributed by atoms with Crippen LogP contribution in [0.4, 0.5) is 4.79 Å². The molecule has 0 radical (unpaired) electrons. The minimum atomic E-state index is -0.410. The van der Waals surface area contributed by atoms with Gasteiger partial charge in [0.05, 0.1) is 6.61 Å². The molecular weight excluding hydrogens is 246 g/mol. The van der Waals surface area contributed by atoms with E-state index in [1.807, 2.05) is 6.92 Å². The molecule has 6 nitrogen and oxygen atoms in total. The molecule has 3 N–H and O–H groups in total. The molecule has 2 atom stereocenters. The zero-order valence-corrected chi connectivity index (χ0v) is 11.9. The number of ether oxygens (including phenoxy) is 1. The minimum absolute atomic E-state index is 0.0189. The Morgan fingerprint density at radius 2 is 2.21 bits per heavy atom. The lowest BCUT2D eigenvalue weighted by atomic mass is 10.0. The number of likely N-dealkylation sites (tertiary alicyclic amines) is 1. The Morgan fingerprint density at radius 3 is 2.84 bits per heavy atom. The van der Waals surface area contributed by atoms with E-state index in [2.05, 4.69) is 5.32 Å². The molecule has 2 amide bonds. The van der Waals surface area contributed by atoms with Gasteiger partial charge in [0.25, 0.3) is 0 Å². The predicted molar refractivity (Wildman–Crippen MR) is 72.6 cm³/mol. The number of piperidine rings is 1. The molecule has 0 bridgehead atoms. The number of amides is 2. The largest absolute Gasteiger partial charge is 0.450 e. The molecule has 1 aliphatic rings. The van der Waals surface area contributed by atoms with Crippen molar-refractivity contribution in [3.8, 4) is 0 Å². The van der Waals surface area contributed by atoms with Crippen molar-refractivity contribution in [1.82, 2.24) is 10.2 Å². The first-order valence-corrected chi connectivity index (χ1v) is 7.03. The number of hydrogen-bond acceptors (Lipinski definition) is 4. The quantitative estimate of drug-likeness (QED) is 0.776. The van der Waals surface area contributed by atoms with Gasteiger partial charge in [-0.3, -0.25) is 4.79 Å². The number of nitrogens with two attached hydrogens (primary N) is 1. The summed E-state index contributed by atoms with van der Waals surface area (Å²) >= 11 is 0. The van der Waals surface area contributed by atoms with Gasteiger partial charge < -0.3 is 20.7 Å². The maximum Gasteiger partial charge on any atom is 0.407 e. The van der Waals surface area contributed by atoms with Crippen molar-refractivity contribution < 1.29 is 14.3 Å². The van der Waals surface area contributed by atoms with Crippen LogP contribution < -0.4 is 11.1 Å². The molecule has 6 heteroatoms. The fourth-order valence-corrected chi connectivity index (χ4v) is 2.16. The van der Waals surface area contributed by atoms with Gasteiger partial charge in [0.2, 0.25) is 5.91 Å². The molecule has 110 valence electrons. The van der Waals surface area contributed by atoms with Gasteiger partial charge in [0.1, 0.15) is 0 Å². The zero-order valence-electron chi connectivity index (χ0n) is 11.9. The van der Waals surface area contributed by atoms with E-state index in [0.29, 0.717) is 19.6 Å². The van der Waals surface area contributed by atoms with Crippen molar-refractivity contribution in [2.75, 3.05) is 19.7 Å². The number of hydrogen-bond donors (Lipinski definition) is 2. The lowest BCUT2D eigenvalue weighted by Crippen LogP contribution is -2.50. The molecule has 2 unspecified atom stereocenters. The fraction of sp³-hybridized carbons (Fsp3) is 0.846. The van der Waals surface area contributed by atoms with E-state index in [-0.39, 0.29) is 18.0 Å². The van der Waals surface area contributed by atoms with Gasteiger partial charge in [-0.1, -0.05) is 6.92 Å². The average Bonchev–Trinajstić information content (AvgIpc) is 2.39. The fourth-order valence-electron chi connectivity index (χ4n) is 2.16. The van der Waals surface area contributed by atoms with Gasteiger partial charge in [0, 0.05) is 31.6 Å². The van der Waals surface area contributed by atoms with Crippen molar-refractivity contribution in [2.45, 2.75) is 51.6 Å². The van der Waals surface area contributed by atoms with Crippen molar-refractivity contribution in [2.24, 2.45) is 5.73 Å². The predicted octanol–water partition coefficient (Wildman–Crippen LogP) is 0.851. The Kier molecular flexibility index (Phi) is 6.62. The molecular formula is C13H25N3O3. The Hall–Kier alpha value is -1.30. The summed E-state index contributed by atoms with van der Waals surface area (Å²) in [4.78, 5) is 25.2. The number of carbonyl (C=O) groups is 2. The second kappa shape index (κ2) is 7.99. The second-order valence-electron chi connectivity index (χ2n) is 4.92. The number of carbonyl (C=O) groups excluding carboxylic acids is 2. The van der Waals surface area contributed by atoms with Crippen molar-refractivity contribution in [3.63, 3.8) is 0 Å². The molecule has 0 aromatic carbocycles. The van der Waals surface area contributed by atoms with Gasteiger partial charge >= 0.3 is 6.09 Å². The van der Waals surface area contributed by atoms with E-state index < -0.39 is 6.09 Å². The summed E-state index contributed by atoms with van der Waals surface area (Å²) in [6.07, 6.45) is 2.53. The van der Waals surface area contributed by atoms with Gasteiger partial charge in [-0.15, -0.1) is 0 Å². The first-order chi connectivity index (χ1) is 9.06. The van der Waals surface area contributed by atoms with E-state index >= 15 is 0 Å². The molecule has 1 rings (SSSR count). The lowest BCUT2D eigenvalue weighted by Gasteiger charge is -2.33. The third kappa shape index (κ3) is 5.46. The highest BCUT2D eigenvalue weighted by molar-refractivity contribution is 5.77. The molecule has 0 aromatic rings. The number of alkyl carbamates (subject to hydrolysis) is 1. The highest BCUT2D eigenvalue weighted by atomic mass is 16.5. The summed E-state index contributed by atoms with van der Waals surface area (Å²) in [5, 5.41) is 2.79. The molecule has 1 heterocycles. The summed E-state index contributed by atoms with van der Waals surface area (Å²) in [7, 11) is 0. The molecule has 0 aliphatic carbocycles. The Morgan fingerprint density at radius 1 is 1.47 bits per heavy atom. The molecule has 0 saturated carbocycles. The van der Waals surface area contributed by atoms with Crippen LogP contribution in [0.15, 0.2) is 0 Å². The normalized spacial score (nSPS) is 20.8. The van der Waals surface area contributed by atoms with Crippen LogP contribution in [-0.4, -0.2) is 48.7 Å². The monoisotopic (exact) mass is 271 g/mol. The van der Waals surface area contributed by atoms with Crippen molar-refractivity contribution >= 4 is 12.0 Å². The molecule has 1 fully saturated rings. The molecule has 0 spiro atoms. The van der Waals surface area contributed by atoms with E-state index in [1.54, 1.807) is 11.8 Å². The minimum Gasteiger partial charge on any atom is -0.450 e. The number of nitrogens with zero attached hydrogens (tertiary/aromatic N) is 1. The highest BCUT2D eigenvalue weighted by Crippen LogP contribution is 2.12.